The molecule has 1 N–H and O–H groups in total. The third kappa shape index (κ3) is 7.85. The first kappa shape index (κ1) is 24.5. The van der Waals surface area contributed by atoms with Gasteiger partial charge in [0.25, 0.3) is 0 Å². The maximum absolute atomic E-state index is 12.0. The highest BCUT2D eigenvalue weighted by Gasteiger charge is 2.28. The molecular formula is C21H34IN3O3. The zero-order chi connectivity index (χ0) is 19.6. The predicted molar refractivity (Wildman–Crippen MR) is 124 cm³/mol. The number of likely N-dealkylation sites (tertiary alicyclic amines) is 1. The lowest BCUT2D eigenvalue weighted by atomic mass is 9.98. The number of nitrogens with one attached hydrogen (secondary N) is 1. The summed E-state index contributed by atoms with van der Waals surface area (Å²) in [4.78, 5) is 18.6. The number of carbonyl (C=O) groups excluding carboxylic acids is 1. The summed E-state index contributed by atoms with van der Waals surface area (Å²) in [7, 11) is 1.79. The highest BCUT2D eigenvalue weighted by atomic mass is 127. The fraction of sp³-hybridized carbons (Fsp3) is 0.619. The Bertz CT molecular complexity index is 620. The first-order valence-corrected chi connectivity index (χ1v) is 9.91. The van der Waals surface area contributed by atoms with Crippen molar-refractivity contribution in [2.75, 3.05) is 33.3 Å². The molecule has 158 valence electrons. The van der Waals surface area contributed by atoms with Crippen LogP contribution in [0, 0.1) is 5.92 Å². The van der Waals surface area contributed by atoms with Gasteiger partial charge in [0, 0.05) is 26.7 Å². The van der Waals surface area contributed by atoms with Crippen LogP contribution in [0.25, 0.3) is 0 Å². The van der Waals surface area contributed by atoms with Crippen molar-refractivity contribution in [3.63, 3.8) is 0 Å². The number of nitrogens with zero attached hydrogens (tertiary/aromatic N) is 2. The van der Waals surface area contributed by atoms with Crippen molar-refractivity contribution in [1.82, 2.24) is 10.2 Å². The Kier molecular flexibility index (Phi) is 11.3. The van der Waals surface area contributed by atoms with Crippen molar-refractivity contribution in [1.29, 1.82) is 0 Å². The van der Waals surface area contributed by atoms with E-state index in [-0.39, 0.29) is 42.0 Å². The normalized spacial score (nSPS) is 17.1. The fourth-order valence-corrected chi connectivity index (χ4v) is 3.28. The van der Waals surface area contributed by atoms with E-state index in [0.717, 1.165) is 44.1 Å². The fourth-order valence-electron chi connectivity index (χ4n) is 3.28. The van der Waals surface area contributed by atoms with E-state index in [1.807, 2.05) is 32.9 Å². The average molecular weight is 503 g/mol. The van der Waals surface area contributed by atoms with Crippen LogP contribution in [0.4, 0.5) is 0 Å². The third-order valence-corrected chi connectivity index (χ3v) is 4.54. The van der Waals surface area contributed by atoms with E-state index in [1.165, 1.54) is 5.56 Å². The Hall–Kier alpha value is -1.51. The van der Waals surface area contributed by atoms with E-state index in [4.69, 9.17) is 9.47 Å². The Balaban J connectivity index is 0.00000392. The molecule has 2 rings (SSSR count). The second kappa shape index (κ2) is 12.9. The van der Waals surface area contributed by atoms with Gasteiger partial charge < -0.3 is 19.7 Å². The van der Waals surface area contributed by atoms with Gasteiger partial charge in [-0.1, -0.05) is 12.1 Å². The summed E-state index contributed by atoms with van der Waals surface area (Å²) in [5.74, 6) is 1.59. The zero-order valence-electron chi connectivity index (χ0n) is 17.4. The van der Waals surface area contributed by atoms with Crippen LogP contribution in [0.5, 0.6) is 5.75 Å². The molecule has 0 amide bonds. The summed E-state index contributed by atoms with van der Waals surface area (Å²) in [6.07, 6.45) is 2.94. The smallest absolute Gasteiger partial charge is 0.310 e. The van der Waals surface area contributed by atoms with Crippen LogP contribution in [0.2, 0.25) is 0 Å². The molecule has 0 saturated carbocycles. The number of hydrogen-bond donors (Lipinski definition) is 1. The first-order valence-electron chi connectivity index (χ1n) is 9.91. The van der Waals surface area contributed by atoms with Gasteiger partial charge in [0.2, 0.25) is 0 Å². The molecule has 0 radical (unpaired) electrons. The number of hydrogen-bond acceptors (Lipinski definition) is 4. The summed E-state index contributed by atoms with van der Waals surface area (Å²) in [5.41, 5.74) is 1.25. The minimum Gasteiger partial charge on any atom is -0.491 e. The van der Waals surface area contributed by atoms with Crippen molar-refractivity contribution < 1.29 is 14.3 Å². The highest BCUT2D eigenvalue weighted by molar-refractivity contribution is 14.0. The molecule has 1 saturated heterocycles. The lowest BCUT2D eigenvalue weighted by Gasteiger charge is -2.34. The molecule has 1 aliphatic heterocycles. The first-order chi connectivity index (χ1) is 13.0. The molecule has 6 nitrogen and oxygen atoms in total. The summed E-state index contributed by atoms with van der Waals surface area (Å²) in [6, 6.07) is 8.22. The molecule has 1 aromatic carbocycles. The van der Waals surface area contributed by atoms with E-state index < -0.39 is 0 Å². The quantitative estimate of drug-likeness (QED) is 0.267. The van der Waals surface area contributed by atoms with Crippen molar-refractivity contribution in [3.8, 4) is 5.75 Å². The van der Waals surface area contributed by atoms with Gasteiger partial charge in [0.15, 0.2) is 5.96 Å². The topological polar surface area (TPSA) is 63.2 Å². The van der Waals surface area contributed by atoms with Crippen LogP contribution in [0.1, 0.15) is 39.2 Å². The van der Waals surface area contributed by atoms with Crippen LogP contribution < -0.4 is 10.1 Å². The van der Waals surface area contributed by atoms with Crippen molar-refractivity contribution in [3.05, 3.63) is 29.8 Å². The molecule has 1 aromatic rings. The van der Waals surface area contributed by atoms with Crippen molar-refractivity contribution in [2.45, 2.75) is 46.1 Å². The van der Waals surface area contributed by atoms with E-state index >= 15 is 0 Å². The van der Waals surface area contributed by atoms with Crippen LogP contribution in [0.3, 0.4) is 0 Å². The third-order valence-electron chi connectivity index (χ3n) is 4.54. The maximum atomic E-state index is 12.0. The van der Waals surface area contributed by atoms with Gasteiger partial charge in [-0.3, -0.25) is 9.79 Å². The minimum atomic E-state index is -0.0960. The summed E-state index contributed by atoms with van der Waals surface area (Å²) in [5, 5.41) is 3.42. The summed E-state index contributed by atoms with van der Waals surface area (Å²) < 4.78 is 10.9. The van der Waals surface area contributed by atoms with Crippen LogP contribution >= 0.6 is 24.0 Å². The number of halogens is 1. The Morgan fingerprint density at radius 1 is 1.32 bits per heavy atom. The molecule has 0 aromatic heterocycles. The Morgan fingerprint density at radius 2 is 2.04 bits per heavy atom. The second-order valence-corrected chi connectivity index (χ2v) is 7.07. The molecule has 28 heavy (non-hydrogen) atoms. The number of aliphatic imine (C=N–C) groups is 1. The van der Waals surface area contributed by atoms with Crippen LogP contribution in [-0.2, 0) is 16.0 Å². The summed E-state index contributed by atoms with van der Waals surface area (Å²) >= 11 is 0. The SMILES string of the molecule is CCOC(=O)C1CCCN(C(=NC)NCCc2ccc(OC(C)C)cc2)C1.I. The molecule has 1 atom stereocenters. The van der Waals surface area contributed by atoms with Gasteiger partial charge in [0.1, 0.15) is 5.75 Å². The minimum absolute atomic E-state index is 0. The zero-order valence-corrected chi connectivity index (χ0v) is 19.8. The van der Waals surface area contributed by atoms with E-state index in [2.05, 4.69) is 27.3 Å². The van der Waals surface area contributed by atoms with Gasteiger partial charge >= 0.3 is 5.97 Å². The highest BCUT2D eigenvalue weighted by Crippen LogP contribution is 2.18. The van der Waals surface area contributed by atoms with Gasteiger partial charge in [-0.2, -0.15) is 0 Å². The molecule has 1 aliphatic rings. The number of piperidine rings is 1. The molecule has 1 fully saturated rings. The standard InChI is InChI=1S/C21H33N3O3.HI/c1-5-26-20(25)18-7-6-14-24(15-18)21(22-4)23-13-12-17-8-10-19(11-9-17)27-16(2)3;/h8-11,16,18H,5-7,12-15H2,1-4H3,(H,22,23);1H. The molecule has 1 unspecified atom stereocenters. The Morgan fingerprint density at radius 3 is 2.64 bits per heavy atom. The van der Waals surface area contributed by atoms with Crippen molar-refractivity contribution >= 4 is 35.9 Å². The molecule has 0 aliphatic carbocycles. The van der Waals surface area contributed by atoms with Crippen molar-refractivity contribution in [2.24, 2.45) is 10.9 Å². The molecular weight excluding hydrogens is 469 g/mol. The molecule has 0 bridgehead atoms. The lowest BCUT2D eigenvalue weighted by molar-refractivity contribution is -0.149. The molecule has 1 heterocycles. The number of ether oxygens (including phenoxy) is 2. The van der Waals surface area contributed by atoms with Gasteiger partial charge in [-0.25, -0.2) is 0 Å². The van der Waals surface area contributed by atoms with E-state index in [0.29, 0.717) is 13.2 Å². The van der Waals surface area contributed by atoms with Crippen LogP contribution in [-0.4, -0.2) is 56.2 Å². The predicted octanol–water partition coefficient (Wildman–Crippen LogP) is 3.48. The van der Waals surface area contributed by atoms with E-state index in [9.17, 15) is 4.79 Å². The van der Waals surface area contributed by atoms with Gasteiger partial charge in [-0.15, -0.1) is 24.0 Å². The molecule has 7 heteroatoms. The maximum Gasteiger partial charge on any atom is 0.310 e. The number of guanidine groups is 1. The number of rotatable bonds is 7. The average Bonchev–Trinajstić information content (AvgIpc) is 2.66. The van der Waals surface area contributed by atoms with Gasteiger partial charge in [-0.05, 0) is 57.7 Å². The Labute approximate surface area is 186 Å². The van der Waals surface area contributed by atoms with Gasteiger partial charge in [0.05, 0.1) is 18.6 Å². The molecule has 0 spiro atoms. The monoisotopic (exact) mass is 503 g/mol. The lowest BCUT2D eigenvalue weighted by Crippen LogP contribution is -2.48. The largest absolute Gasteiger partial charge is 0.491 e. The number of esters is 1. The number of benzene rings is 1. The van der Waals surface area contributed by atoms with E-state index in [1.54, 1.807) is 7.05 Å². The summed E-state index contributed by atoms with van der Waals surface area (Å²) in [6.45, 7) is 8.70. The van der Waals surface area contributed by atoms with Crippen LogP contribution in [0.15, 0.2) is 29.3 Å². The number of carbonyl (C=O) groups is 1. The second-order valence-electron chi connectivity index (χ2n) is 7.07.